The van der Waals surface area contributed by atoms with Crippen LogP contribution in [0.3, 0.4) is 0 Å². The van der Waals surface area contributed by atoms with Gasteiger partial charge in [-0.1, -0.05) is 17.8 Å². The van der Waals surface area contributed by atoms with Crippen molar-refractivity contribution in [3.05, 3.63) is 48.6 Å². The molecule has 0 unspecified atom stereocenters. The van der Waals surface area contributed by atoms with Crippen LogP contribution in [0.15, 0.2) is 57.3 Å². The van der Waals surface area contributed by atoms with Crippen molar-refractivity contribution in [3.63, 3.8) is 0 Å². The number of nitrogens with zero attached hydrogens (tertiary/aromatic N) is 2. The van der Waals surface area contributed by atoms with Gasteiger partial charge >= 0.3 is 0 Å². The molecule has 2 aromatic rings. The number of hydrogen-bond acceptors (Lipinski definition) is 5. The number of amides is 1. The van der Waals surface area contributed by atoms with E-state index in [0.717, 1.165) is 5.03 Å². The van der Waals surface area contributed by atoms with E-state index in [1.165, 1.54) is 18.0 Å². The minimum atomic E-state index is -0.187. The number of thioether (sulfide) groups is 1. The zero-order valence-corrected chi connectivity index (χ0v) is 10.3. The Labute approximate surface area is 108 Å². The number of aromatic nitrogens is 1. The van der Waals surface area contributed by atoms with Gasteiger partial charge in [0.15, 0.2) is 0 Å². The predicted molar refractivity (Wildman–Crippen MR) is 69.4 cm³/mol. The van der Waals surface area contributed by atoms with Crippen molar-refractivity contribution in [2.24, 2.45) is 5.10 Å². The van der Waals surface area contributed by atoms with Crippen molar-refractivity contribution in [3.8, 4) is 0 Å². The smallest absolute Gasteiger partial charge is 0.250 e. The van der Waals surface area contributed by atoms with E-state index in [4.69, 9.17) is 4.42 Å². The molecule has 2 aromatic heterocycles. The Hall–Kier alpha value is -2.08. The van der Waals surface area contributed by atoms with E-state index in [1.54, 1.807) is 24.6 Å². The van der Waals surface area contributed by atoms with E-state index in [2.05, 4.69) is 15.5 Å². The third-order valence-corrected chi connectivity index (χ3v) is 2.86. The van der Waals surface area contributed by atoms with Gasteiger partial charge in [0.1, 0.15) is 5.76 Å². The van der Waals surface area contributed by atoms with E-state index in [0.29, 0.717) is 5.76 Å². The zero-order chi connectivity index (χ0) is 12.6. The third-order valence-electron chi connectivity index (χ3n) is 1.91. The first kappa shape index (κ1) is 12.4. The molecule has 0 radical (unpaired) electrons. The summed E-state index contributed by atoms with van der Waals surface area (Å²) in [5, 5.41) is 4.58. The van der Waals surface area contributed by atoms with Crippen LogP contribution >= 0.6 is 11.8 Å². The topological polar surface area (TPSA) is 67.5 Å². The second kappa shape index (κ2) is 6.61. The molecule has 18 heavy (non-hydrogen) atoms. The third kappa shape index (κ3) is 4.06. The molecule has 0 fully saturated rings. The molecule has 2 rings (SSSR count). The fourth-order valence-electron chi connectivity index (χ4n) is 1.14. The summed E-state index contributed by atoms with van der Waals surface area (Å²) in [6, 6.07) is 9.06. The van der Waals surface area contributed by atoms with E-state index in [-0.39, 0.29) is 11.7 Å². The molecule has 0 spiro atoms. The van der Waals surface area contributed by atoms with Crippen LogP contribution in [0.1, 0.15) is 5.76 Å². The molecule has 1 amide bonds. The fourth-order valence-corrected chi connectivity index (χ4v) is 1.79. The molecule has 0 aromatic carbocycles. The second-order valence-electron chi connectivity index (χ2n) is 3.27. The number of hydrogen-bond donors (Lipinski definition) is 1. The van der Waals surface area contributed by atoms with E-state index < -0.39 is 0 Å². The van der Waals surface area contributed by atoms with Crippen LogP contribution < -0.4 is 5.43 Å². The van der Waals surface area contributed by atoms with Crippen LogP contribution in [0.5, 0.6) is 0 Å². The van der Waals surface area contributed by atoms with Gasteiger partial charge in [0.05, 0.1) is 23.3 Å². The largest absolute Gasteiger partial charge is 0.463 e. The molecule has 2 heterocycles. The molecule has 6 heteroatoms. The van der Waals surface area contributed by atoms with Gasteiger partial charge in [-0.2, -0.15) is 5.10 Å². The molecule has 5 nitrogen and oxygen atoms in total. The Morgan fingerprint density at radius 3 is 3.11 bits per heavy atom. The number of pyridine rings is 1. The normalized spacial score (nSPS) is 10.7. The van der Waals surface area contributed by atoms with Crippen molar-refractivity contribution >= 4 is 23.9 Å². The Morgan fingerprint density at radius 2 is 2.39 bits per heavy atom. The summed E-state index contributed by atoms with van der Waals surface area (Å²) in [4.78, 5) is 15.5. The molecule has 0 saturated carbocycles. The number of furan rings is 1. The number of hydrazone groups is 1. The highest BCUT2D eigenvalue weighted by Gasteiger charge is 2.01. The maximum Gasteiger partial charge on any atom is 0.250 e. The standard InChI is InChI=1S/C12H11N3O2S/c16-11(9-18-12-5-1-2-6-13-12)15-14-8-10-4-3-7-17-10/h1-8H,9H2,(H,15,16). The average molecular weight is 261 g/mol. The van der Waals surface area contributed by atoms with Gasteiger partial charge in [0, 0.05) is 6.20 Å². The fraction of sp³-hybridized carbons (Fsp3) is 0.0833. The molecule has 0 aliphatic heterocycles. The Balaban J connectivity index is 1.73. The van der Waals surface area contributed by atoms with Crippen molar-refractivity contribution in [2.45, 2.75) is 5.03 Å². The molecular weight excluding hydrogens is 250 g/mol. The minimum absolute atomic E-state index is 0.187. The molecule has 92 valence electrons. The van der Waals surface area contributed by atoms with Gasteiger partial charge < -0.3 is 4.42 Å². The Bertz CT molecular complexity index is 511. The Morgan fingerprint density at radius 1 is 1.44 bits per heavy atom. The van der Waals surface area contributed by atoms with Crippen LogP contribution in [-0.2, 0) is 4.79 Å². The Kier molecular flexibility index (Phi) is 4.54. The quantitative estimate of drug-likeness (QED) is 0.507. The summed E-state index contributed by atoms with van der Waals surface area (Å²) in [6.45, 7) is 0. The van der Waals surface area contributed by atoms with Gasteiger partial charge in [-0.15, -0.1) is 0 Å². The predicted octanol–water partition coefficient (Wildman–Crippen LogP) is 1.92. The minimum Gasteiger partial charge on any atom is -0.463 e. The maximum atomic E-state index is 11.4. The van der Waals surface area contributed by atoms with Crippen LogP contribution in [0.2, 0.25) is 0 Å². The summed E-state index contributed by atoms with van der Waals surface area (Å²) in [5.74, 6) is 0.674. The maximum absolute atomic E-state index is 11.4. The van der Waals surface area contributed by atoms with Gasteiger partial charge in [-0.3, -0.25) is 4.79 Å². The number of rotatable bonds is 5. The van der Waals surface area contributed by atoms with Crippen molar-refractivity contribution < 1.29 is 9.21 Å². The molecular formula is C12H11N3O2S. The molecule has 0 aliphatic carbocycles. The van der Waals surface area contributed by atoms with E-state index in [9.17, 15) is 4.79 Å². The molecule has 1 N–H and O–H groups in total. The number of carbonyl (C=O) groups excluding carboxylic acids is 1. The lowest BCUT2D eigenvalue weighted by Gasteiger charge is -1.99. The number of nitrogens with one attached hydrogen (secondary N) is 1. The van der Waals surface area contributed by atoms with Gasteiger partial charge in [0.2, 0.25) is 5.91 Å². The van der Waals surface area contributed by atoms with Crippen molar-refractivity contribution in [1.29, 1.82) is 0 Å². The van der Waals surface area contributed by atoms with Crippen LogP contribution in [0.4, 0.5) is 0 Å². The lowest BCUT2D eigenvalue weighted by Crippen LogP contribution is -2.19. The average Bonchev–Trinajstić information content (AvgIpc) is 2.91. The van der Waals surface area contributed by atoms with Crippen molar-refractivity contribution in [2.75, 3.05) is 5.75 Å². The number of carbonyl (C=O) groups is 1. The highest BCUT2D eigenvalue weighted by molar-refractivity contribution is 7.99. The lowest BCUT2D eigenvalue weighted by atomic mass is 10.5. The lowest BCUT2D eigenvalue weighted by molar-refractivity contribution is -0.118. The summed E-state index contributed by atoms with van der Waals surface area (Å²) in [5.41, 5.74) is 2.41. The van der Waals surface area contributed by atoms with Crippen molar-refractivity contribution in [1.82, 2.24) is 10.4 Å². The highest BCUT2D eigenvalue weighted by atomic mass is 32.2. The van der Waals surface area contributed by atoms with E-state index >= 15 is 0 Å². The van der Waals surface area contributed by atoms with Gasteiger partial charge in [-0.05, 0) is 24.3 Å². The first-order chi connectivity index (χ1) is 8.84. The molecule has 0 saturated heterocycles. The SMILES string of the molecule is O=C(CSc1ccccn1)NN=Cc1ccco1. The molecule has 0 aliphatic rings. The summed E-state index contributed by atoms with van der Waals surface area (Å²) in [7, 11) is 0. The van der Waals surface area contributed by atoms with Gasteiger partial charge in [0.25, 0.3) is 0 Å². The van der Waals surface area contributed by atoms with Crippen LogP contribution in [-0.4, -0.2) is 22.9 Å². The summed E-state index contributed by atoms with van der Waals surface area (Å²) < 4.78 is 5.03. The summed E-state index contributed by atoms with van der Waals surface area (Å²) >= 11 is 1.36. The monoisotopic (exact) mass is 261 g/mol. The molecule has 0 bridgehead atoms. The summed E-state index contributed by atoms with van der Waals surface area (Å²) in [6.07, 6.45) is 4.68. The van der Waals surface area contributed by atoms with Crippen LogP contribution in [0, 0.1) is 0 Å². The molecule has 0 atom stereocenters. The van der Waals surface area contributed by atoms with Gasteiger partial charge in [-0.25, -0.2) is 10.4 Å². The highest BCUT2D eigenvalue weighted by Crippen LogP contribution is 2.12. The second-order valence-corrected chi connectivity index (χ2v) is 4.26. The van der Waals surface area contributed by atoms with Crippen LogP contribution in [0.25, 0.3) is 0 Å². The first-order valence-electron chi connectivity index (χ1n) is 5.24. The zero-order valence-electron chi connectivity index (χ0n) is 9.45. The van der Waals surface area contributed by atoms with E-state index in [1.807, 2.05) is 18.2 Å². The first-order valence-corrected chi connectivity index (χ1v) is 6.22.